The standard InChI is InChI=1S/C20H24N4O2/c1-12-9-19(25)24-17-8-7-16(10-18(17)23-12)20(26)22-11-14-3-5-15(6-4-14)13(2)21/h3-8,10,12-13,23H,9,11,21H2,1-2H3,(H,22,26)(H,24,25)/t12?,13-/m1/s1. The van der Waals surface area contributed by atoms with Gasteiger partial charge in [0.15, 0.2) is 0 Å². The van der Waals surface area contributed by atoms with Crippen molar-refractivity contribution in [1.29, 1.82) is 0 Å². The number of carbonyl (C=O) groups is 2. The van der Waals surface area contributed by atoms with Gasteiger partial charge in [0.2, 0.25) is 5.91 Å². The van der Waals surface area contributed by atoms with Crippen LogP contribution in [0.4, 0.5) is 11.4 Å². The third-order valence-electron chi connectivity index (χ3n) is 4.41. The lowest BCUT2D eigenvalue weighted by Crippen LogP contribution is -2.23. The van der Waals surface area contributed by atoms with Crippen molar-refractivity contribution in [1.82, 2.24) is 5.32 Å². The summed E-state index contributed by atoms with van der Waals surface area (Å²) in [6, 6.07) is 13.1. The van der Waals surface area contributed by atoms with Crippen LogP contribution in [0.15, 0.2) is 42.5 Å². The number of nitrogens with one attached hydrogen (secondary N) is 3. The molecule has 1 heterocycles. The Balaban J connectivity index is 1.67. The van der Waals surface area contributed by atoms with E-state index in [0.29, 0.717) is 24.2 Å². The van der Waals surface area contributed by atoms with Gasteiger partial charge in [0.05, 0.1) is 11.4 Å². The highest BCUT2D eigenvalue weighted by molar-refractivity contribution is 6.00. The van der Waals surface area contributed by atoms with Crippen molar-refractivity contribution in [3.8, 4) is 0 Å². The van der Waals surface area contributed by atoms with Crippen LogP contribution in [-0.4, -0.2) is 17.9 Å². The van der Waals surface area contributed by atoms with Crippen LogP contribution in [0.25, 0.3) is 0 Å². The Kier molecular flexibility index (Phi) is 5.23. The van der Waals surface area contributed by atoms with Gasteiger partial charge in [-0.3, -0.25) is 9.59 Å². The molecule has 0 aliphatic carbocycles. The molecule has 0 saturated carbocycles. The first-order chi connectivity index (χ1) is 12.4. The fourth-order valence-electron chi connectivity index (χ4n) is 2.93. The highest BCUT2D eigenvalue weighted by Gasteiger charge is 2.18. The monoisotopic (exact) mass is 352 g/mol. The minimum Gasteiger partial charge on any atom is -0.380 e. The molecule has 2 amide bonds. The molecule has 5 N–H and O–H groups in total. The van der Waals surface area contributed by atoms with Gasteiger partial charge in [-0.25, -0.2) is 0 Å². The summed E-state index contributed by atoms with van der Waals surface area (Å²) >= 11 is 0. The largest absolute Gasteiger partial charge is 0.380 e. The molecule has 0 fully saturated rings. The molecule has 1 aliphatic heterocycles. The lowest BCUT2D eigenvalue weighted by molar-refractivity contribution is -0.116. The van der Waals surface area contributed by atoms with Crippen LogP contribution in [0.2, 0.25) is 0 Å². The normalized spacial score (nSPS) is 17.3. The van der Waals surface area contributed by atoms with E-state index in [2.05, 4.69) is 16.0 Å². The summed E-state index contributed by atoms with van der Waals surface area (Å²) in [5, 5.41) is 9.03. The number of carbonyl (C=O) groups excluding carboxylic acids is 2. The number of nitrogens with two attached hydrogens (primary N) is 1. The molecule has 0 aromatic heterocycles. The Morgan fingerprint density at radius 3 is 2.65 bits per heavy atom. The smallest absolute Gasteiger partial charge is 0.251 e. The summed E-state index contributed by atoms with van der Waals surface area (Å²) < 4.78 is 0. The minimum absolute atomic E-state index is 0.00593. The molecule has 6 nitrogen and oxygen atoms in total. The quantitative estimate of drug-likeness (QED) is 0.680. The van der Waals surface area contributed by atoms with Gasteiger partial charge in [-0.05, 0) is 43.2 Å². The lowest BCUT2D eigenvalue weighted by Gasteiger charge is -2.13. The van der Waals surface area contributed by atoms with Crippen molar-refractivity contribution in [2.24, 2.45) is 5.73 Å². The van der Waals surface area contributed by atoms with Crippen LogP contribution in [0, 0.1) is 0 Å². The van der Waals surface area contributed by atoms with Gasteiger partial charge in [-0.15, -0.1) is 0 Å². The van der Waals surface area contributed by atoms with E-state index in [1.165, 1.54) is 0 Å². The van der Waals surface area contributed by atoms with Crippen molar-refractivity contribution in [3.63, 3.8) is 0 Å². The van der Waals surface area contributed by atoms with Crippen LogP contribution in [0.3, 0.4) is 0 Å². The SMILES string of the molecule is CC1CC(=O)Nc2ccc(C(=O)NCc3ccc([C@@H](C)N)cc3)cc2N1. The maximum Gasteiger partial charge on any atom is 0.251 e. The van der Waals surface area contributed by atoms with Crippen LogP contribution < -0.4 is 21.7 Å². The molecule has 2 aromatic rings. The summed E-state index contributed by atoms with van der Waals surface area (Å²) in [5.41, 5.74) is 9.92. The third kappa shape index (κ3) is 4.21. The van der Waals surface area contributed by atoms with Crippen molar-refractivity contribution < 1.29 is 9.59 Å². The second kappa shape index (κ2) is 7.58. The van der Waals surface area contributed by atoms with Crippen molar-refractivity contribution in [2.45, 2.75) is 38.9 Å². The molecule has 2 atom stereocenters. The number of hydrogen-bond donors (Lipinski definition) is 4. The molecule has 0 radical (unpaired) electrons. The molecule has 0 bridgehead atoms. The fourth-order valence-corrected chi connectivity index (χ4v) is 2.93. The average Bonchev–Trinajstić information content (AvgIpc) is 2.75. The Morgan fingerprint density at radius 2 is 1.96 bits per heavy atom. The van der Waals surface area contributed by atoms with Crippen LogP contribution in [-0.2, 0) is 11.3 Å². The lowest BCUT2D eigenvalue weighted by atomic mass is 10.1. The van der Waals surface area contributed by atoms with Crippen LogP contribution in [0.1, 0.15) is 47.8 Å². The number of benzene rings is 2. The highest BCUT2D eigenvalue weighted by atomic mass is 16.2. The van der Waals surface area contributed by atoms with Gasteiger partial charge in [-0.1, -0.05) is 24.3 Å². The maximum atomic E-state index is 12.5. The summed E-state index contributed by atoms with van der Waals surface area (Å²) in [4.78, 5) is 24.2. The van der Waals surface area contributed by atoms with Crippen molar-refractivity contribution in [2.75, 3.05) is 10.6 Å². The van der Waals surface area contributed by atoms with Gasteiger partial charge < -0.3 is 21.7 Å². The Hall–Kier alpha value is -2.86. The first kappa shape index (κ1) is 17.9. The molecular weight excluding hydrogens is 328 g/mol. The molecule has 6 heteroatoms. The third-order valence-corrected chi connectivity index (χ3v) is 4.41. The molecule has 1 unspecified atom stereocenters. The fraction of sp³-hybridized carbons (Fsp3) is 0.300. The zero-order valence-corrected chi connectivity index (χ0v) is 15.0. The van der Waals surface area contributed by atoms with E-state index in [-0.39, 0.29) is 23.9 Å². The van der Waals surface area contributed by atoms with E-state index in [4.69, 9.17) is 5.73 Å². The van der Waals surface area contributed by atoms with Crippen molar-refractivity contribution in [3.05, 3.63) is 59.2 Å². The number of rotatable bonds is 4. The van der Waals surface area contributed by atoms with Gasteiger partial charge in [0, 0.05) is 30.6 Å². The van der Waals surface area contributed by atoms with Gasteiger partial charge >= 0.3 is 0 Å². The Labute approximate surface area is 153 Å². The summed E-state index contributed by atoms with van der Waals surface area (Å²) in [7, 11) is 0. The van der Waals surface area contributed by atoms with E-state index < -0.39 is 0 Å². The Bertz CT molecular complexity index is 815. The molecular formula is C20H24N4O2. The van der Waals surface area contributed by atoms with Crippen LogP contribution >= 0.6 is 0 Å². The van der Waals surface area contributed by atoms with E-state index in [9.17, 15) is 9.59 Å². The van der Waals surface area contributed by atoms with Gasteiger partial charge in [-0.2, -0.15) is 0 Å². The molecule has 26 heavy (non-hydrogen) atoms. The van der Waals surface area contributed by atoms with Crippen molar-refractivity contribution >= 4 is 23.2 Å². The molecule has 3 rings (SSSR count). The summed E-state index contributed by atoms with van der Waals surface area (Å²) in [6.45, 7) is 4.31. The highest BCUT2D eigenvalue weighted by Crippen LogP contribution is 2.27. The van der Waals surface area contributed by atoms with E-state index >= 15 is 0 Å². The topological polar surface area (TPSA) is 96.2 Å². The van der Waals surface area contributed by atoms with Gasteiger partial charge in [0.1, 0.15) is 0 Å². The zero-order valence-electron chi connectivity index (χ0n) is 15.0. The molecule has 136 valence electrons. The summed E-state index contributed by atoms with van der Waals surface area (Å²) in [6.07, 6.45) is 0.396. The summed E-state index contributed by atoms with van der Waals surface area (Å²) in [5.74, 6) is -0.190. The molecule has 1 aliphatic rings. The number of anilines is 2. The number of amides is 2. The Morgan fingerprint density at radius 1 is 1.23 bits per heavy atom. The molecule has 0 spiro atoms. The second-order valence-electron chi connectivity index (χ2n) is 6.77. The minimum atomic E-state index is -0.158. The zero-order chi connectivity index (χ0) is 18.7. The van der Waals surface area contributed by atoms with E-state index in [0.717, 1.165) is 16.8 Å². The molecule has 2 aromatic carbocycles. The van der Waals surface area contributed by atoms with E-state index in [1.807, 2.05) is 38.1 Å². The number of hydrogen-bond acceptors (Lipinski definition) is 4. The average molecular weight is 352 g/mol. The molecule has 0 saturated heterocycles. The van der Waals surface area contributed by atoms with Gasteiger partial charge in [0.25, 0.3) is 5.91 Å². The maximum absolute atomic E-state index is 12.5. The van der Waals surface area contributed by atoms with Crippen LogP contribution in [0.5, 0.6) is 0 Å². The predicted molar refractivity (Wildman–Crippen MR) is 103 cm³/mol. The van der Waals surface area contributed by atoms with E-state index in [1.54, 1.807) is 18.2 Å². The number of fused-ring (bicyclic) bond motifs is 1. The first-order valence-corrected chi connectivity index (χ1v) is 8.75. The predicted octanol–water partition coefficient (Wildman–Crippen LogP) is 2.78. The second-order valence-corrected chi connectivity index (χ2v) is 6.77. The first-order valence-electron chi connectivity index (χ1n) is 8.75.